The van der Waals surface area contributed by atoms with E-state index in [1.807, 2.05) is 0 Å². The van der Waals surface area contributed by atoms with E-state index in [1.54, 1.807) is 12.8 Å². The smallest absolute Gasteiger partial charge is 0.0269 e. The molecule has 0 aromatic rings. The average molecular weight is 262 g/mol. The molecule has 0 spiro atoms. The van der Waals surface area contributed by atoms with E-state index in [1.165, 1.54) is 51.4 Å². The molecule has 4 unspecified atom stereocenters. The molecule has 3 aliphatic rings. The van der Waals surface area contributed by atoms with Crippen LogP contribution in [0.4, 0.5) is 0 Å². The van der Waals surface area contributed by atoms with Crippen molar-refractivity contribution in [2.75, 3.05) is 0 Å². The summed E-state index contributed by atoms with van der Waals surface area (Å²) in [6.45, 7) is 10.3. The minimum Gasteiger partial charge on any atom is -0.0599 e. The molecular weight excluding hydrogens is 228 g/mol. The van der Waals surface area contributed by atoms with Crippen molar-refractivity contribution in [2.24, 2.45) is 28.1 Å². The Labute approximate surface area is 120 Å². The van der Waals surface area contributed by atoms with E-state index in [2.05, 4.69) is 27.7 Å². The first-order chi connectivity index (χ1) is 8.84. The highest BCUT2D eigenvalue weighted by Crippen LogP contribution is 2.63. The van der Waals surface area contributed by atoms with E-state index in [9.17, 15) is 0 Å². The summed E-state index contributed by atoms with van der Waals surface area (Å²) < 4.78 is 0. The van der Waals surface area contributed by atoms with Crippen LogP contribution in [0.15, 0.2) is 0 Å². The van der Waals surface area contributed by atoms with Crippen molar-refractivity contribution < 1.29 is 0 Å². The molecule has 0 N–H and O–H groups in total. The van der Waals surface area contributed by atoms with Gasteiger partial charge in [0, 0.05) is 0 Å². The van der Waals surface area contributed by atoms with Gasteiger partial charge in [-0.05, 0) is 73.0 Å². The third-order valence-corrected chi connectivity index (χ3v) is 7.48. The van der Waals surface area contributed by atoms with Crippen LogP contribution in [0.1, 0.15) is 91.9 Å². The predicted octanol–water partition coefficient (Wildman–Crippen LogP) is 6.20. The minimum atomic E-state index is 0.585. The van der Waals surface area contributed by atoms with Gasteiger partial charge in [-0.1, -0.05) is 47.0 Å². The Morgan fingerprint density at radius 3 is 2.21 bits per heavy atom. The highest BCUT2D eigenvalue weighted by molar-refractivity contribution is 5.03. The summed E-state index contributed by atoms with van der Waals surface area (Å²) in [7, 11) is 0. The van der Waals surface area contributed by atoms with Gasteiger partial charge in [-0.2, -0.15) is 0 Å². The maximum atomic E-state index is 2.64. The molecule has 0 aromatic heterocycles. The van der Waals surface area contributed by atoms with E-state index in [4.69, 9.17) is 0 Å². The first kappa shape index (κ1) is 14.0. The Morgan fingerprint density at radius 2 is 1.42 bits per heavy atom. The molecular formula is C19H34. The first-order valence-corrected chi connectivity index (χ1v) is 8.84. The quantitative estimate of drug-likeness (QED) is 0.487. The average Bonchev–Trinajstić information content (AvgIpc) is 2.96. The molecule has 19 heavy (non-hydrogen) atoms. The molecule has 0 nitrogen and oxygen atoms in total. The fraction of sp³-hybridized carbons (Fsp3) is 1.00. The molecule has 0 bridgehead atoms. The number of hydrogen-bond donors (Lipinski definition) is 0. The summed E-state index contributed by atoms with van der Waals surface area (Å²) >= 11 is 0. The van der Waals surface area contributed by atoms with Gasteiger partial charge < -0.3 is 0 Å². The van der Waals surface area contributed by atoms with Crippen LogP contribution < -0.4 is 0 Å². The Morgan fingerprint density at radius 1 is 0.684 bits per heavy atom. The normalized spacial score (nSPS) is 49.9. The maximum absolute atomic E-state index is 2.64. The first-order valence-electron chi connectivity index (χ1n) is 8.84. The molecule has 0 heteroatoms. The zero-order valence-electron chi connectivity index (χ0n) is 13.7. The Kier molecular flexibility index (Phi) is 3.31. The molecule has 3 saturated carbocycles. The molecule has 0 radical (unpaired) electrons. The van der Waals surface area contributed by atoms with Crippen molar-refractivity contribution in [1.29, 1.82) is 0 Å². The van der Waals surface area contributed by atoms with E-state index >= 15 is 0 Å². The van der Waals surface area contributed by atoms with Crippen molar-refractivity contribution in [1.82, 2.24) is 0 Å². The van der Waals surface area contributed by atoms with Crippen LogP contribution in [0.25, 0.3) is 0 Å². The second-order valence-corrected chi connectivity index (χ2v) is 9.49. The predicted molar refractivity (Wildman–Crippen MR) is 83.1 cm³/mol. The molecule has 3 aliphatic carbocycles. The summed E-state index contributed by atoms with van der Waals surface area (Å²) in [6.07, 6.45) is 15.0. The van der Waals surface area contributed by atoms with Gasteiger partial charge in [0.2, 0.25) is 0 Å². The zero-order chi connectivity index (χ0) is 13.7. The van der Waals surface area contributed by atoms with Crippen LogP contribution in [0.5, 0.6) is 0 Å². The second kappa shape index (κ2) is 4.50. The van der Waals surface area contributed by atoms with Crippen molar-refractivity contribution >= 4 is 0 Å². The molecule has 110 valence electrons. The van der Waals surface area contributed by atoms with Crippen LogP contribution in [-0.2, 0) is 0 Å². The Hall–Kier alpha value is 0. The summed E-state index contributed by atoms with van der Waals surface area (Å²) in [5.74, 6) is 2.21. The maximum Gasteiger partial charge on any atom is -0.0269 e. The zero-order valence-corrected chi connectivity index (χ0v) is 13.7. The van der Waals surface area contributed by atoms with Gasteiger partial charge in [0.1, 0.15) is 0 Å². The van der Waals surface area contributed by atoms with Crippen molar-refractivity contribution in [3.63, 3.8) is 0 Å². The Bertz CT molecular complexity index is 342. The van der Waals surface area contributed by atoms with Crippen LogP contribution in [0, 0.1) is 28.1 Å². The van der Waals surface area contributed by atoms with E-state index in [-0.39, 0.29) is 0 Å². The topological polar surface area (TPSA) is 0 Å². The van der Waals surface area contributed by atoms with E-state index in [0.29, 0.717) is 16.2 Å². The van der Waals surface area contributed by atoms with E-state index in [0.717, 1.165) is 11.8 Å². The lowest BCUT2D eigenvalue weighted by molar-refractivity contribution is 0.0653. The summed E-state index contributed by atoms with van der Waals surface area (Å²) in [5.41, 5.74) is 1.88. The summed E-state index contributed by atoms with van der Waals surface area (Å²) in [6, 6.07) is 0. The molecule has 0 saturated heterocycles. The van der Waals surface area contributed by atoms with Crippen molar-refractivity contribution in [3.8, 4) is 0 Å². The number of hydrogen-bond acceptors (Lipinski definition) is 0. The molecule has 3 fully saturated rings. The molecule has 0 aliphatic heterocycles. The second-order valence-electron chi connectivity index (χ2n) is 9.49. The number of rotatable bonds is 0. The minimum absolute atomic E-state index is 0.585. The fourth-order valence-corrected chi connectivity index (χ4v) is 5.32. The standard InChI is InChI=1S/C19H34/c1-17(2)8-5-7-15-13-16(15)14-19(4)10-6-9-18(19,3)12-11-17/h15-16H,5-14H2,1-4H3. The van der Waals surface area contributed by atoms with Gasteiger partial charge >= 0.3 is 0 Å². The fourth-order valence-electron chi connectivity index (χ4n) is 5.32. The lowest BCUT2D eigenvalue weighted by Gasteiger charge is -2.43. The third-order valence-electron chi connectivity index (χ3n) is 7.48. The lowest BCUT2D eigenvalue weighted by atomic mass is 9.61. The van der Waals surface area contributed by atoms with Crippen LogP contribution in [-0.4, -0.2) is 0 Å². The molecule has 3 rings (SSSR count). The van der Waals surface area contributed by atoms with Gasteiger partial charge in [0.25, 0.3) is 0 Å². The molecule has 0 aromatic carbocycles. The van der Waals surface area contributed by atoms with Gasteiger partial charge in [0.05, 0.1) is 0 Å². The van der Waals surface area contributed by atoms with E-state index < -0.39 is 0 Å². The van der Waals surface area contributed by atoms with Crippen molar-refractivity contribution in [3.05, 3.63) is 0 Å². The van der Waals surface area contributed by atoms with Crippen LogP contribution in [0.3, 0.4) is 0 Å². The lowest BCUT2D eigenvalue weighted by Crippen LogP contribution is -2.34. The molecule has 0 amide bonds. The van der Waals surface area contributed by atoms with Gasteiger partial charge in [-0.25, -0.2) is 0 Å². The van der Waals surface area contributed by atoms with Crippen LogP contribution in [0.2, 0.25) is 0 Å². The summed E-state index contributed by atoms with van der Waals surface area (Å²) in [5, 5.41) is 0. The summed E-state index contributed by atoms with van der Waals surface area (Å²) in [4.78, 5) is 0. The molecule has 4 atom stereocenters. The SMILES string of the molecule is CC1(C)CCCC2CC2CC2(C)CCCC2(C)CC1. The number of fused-ring (bicyclic) bond motifs is 2. The van der Waals surface area contributed by atoms with Gasteiger partial charge in [-0.3, -0.25) is 0 Å². The third kappa shape index (κ3) is 2.61. The van der Waals surface area contributed by atoms with Crippen molar-refractivity contribution in [2.45, 2.75) is 91.9 Å². The highest BCUT2D eigenvalue weighted by Gasteiger charge is 2.52. The monoisotopic (exact) mass is 262 g/mol. The van der Waals surface area contributed by atoms with Gasteiger partial charge in [0.15, 0.2) is 0 Å². The molecule has 0 heterocycles. The van der Waals surface area contributed by atoms with Crippen LogP contribution >= 0.6 is 0 Å². The largest absolute Gasteiger partial charge is 0.0599 e. The van der Waals surface area contributed by atoms with Gasteiger partial charge in [-0.15, -0.1) is 0 Å². The highest BCUT2D eigenvalue weighted by atomic mass is 14.6. The Balaban J connectivity index is 1.80.